The SMILES string of the molecule is O=C(Nc1ccc(F)cc1Cl)C1CC2CCC1C2. The molecule has 2 saturated carbocycles. The molecule has 3 rings (SSSR count). The highest BCUT2D eigenvalue weighted by molar-refractivity contribution is 6.33. The standard InChI is InChI=1S/C14H15ClFNO/c15-12-7-10(16)3-4-13(12)17-14(18)11-6-8-1-2-9(11)5-8/h3-4,7-9,11H,1-2,5-6H2,(H,17,18). The van der Waals surface area contributed by atoms with Crippen molar-refractivity contribution in [1.29, 1.82) is 0 Å². The van der Waals surface area contributed by atoms with Gasteiger partial charge in [0.05, 0.1) is 10.7 Å². The van der Waals surface area contributed by atoms with Gasteiger partial charge in [-0.2, -0.15) is 0 Å². The van der Waals surface area contributed by atoms with Crippen molar-refractivity contribution in [2.75, 3.05) is 5.32 Å². The third kappa shape index (κ3) is 2.12. The largest absolute Gasteiger partial charge is 0.325 e. The Morgan fingerprint density at radius 1 is 1.33 bits per heavy atom. The van der Waals surface area contributed by atoms with E-state index in [0.29, 0.717) is 11.6 Å². The third-order valence-electron chi connectivity index (χ3n) is 4.26. The van der Waals surface area contributed by atoms with Crippen molar-refractivity contribution in [3.8, 4) is 0 Å². The number of nitrogens with one attached hydrogen (secondary N) is 1. The number of hydrogen-bond acceptors (Lipinski definition) is 1. The Balaban J connectivity index is 1.71. The Bertz CT molecular complexity index is 491. The van der Waals surface area contributed by atoms with E-state index in [2.05, 4.69) is 5.32 Å². The lowest BCUT2D eigenvalue weighted by atomic mass is 9.88. The summed E-state index contributed by atoms with van der Waals surface area (Å²) in [6.45, 7) is 0. The van der Waals surface area contributed by atoms with Crippen LogP contribution in [0, 0.1) is 23.6 Å². The van der Waals surface area contributed by atoms with Gasteiger partial charge in [-0.1, -0.05) is 18.0 Å². The Labute approximate surface area is 111 Å². The highest BCUT2D eigenvalue weighted by atomic mass is 35.5. The second-order valence-corrected chi connectivity index (χ2v) is 5.80. The molecule has 0 heterocycles. The fraction of sp³-hybridized carbons (Fsp3) is 0.500. The molecule has 2 aliphatic carbocycles. The van der Waals surface area contributed by atoms with E-state index >= 15 is 0 Å². The molecule has 18 heavy (non-hydrogen) atoms. The van der Waals surface area contributed by atoms with E-state index in [-0.39, 0.29) is 16.8 Å². The quantitative estimate of drug-likeness (QED) is 0.866. The van der Waals surface area contributed by atoms with Gasteiger partial charge in [-0.3, -0.25) is 4.79 Å². The first-order chi connectivity index (χ1) is 8.63. The monoisotopic (exact) mass is 267 g/mol. The Hall–Kier alpha value is -1.09. The summed E-state index contributed by atoms with van der Waals surface area (Å²) in [5, 5.41) is 3.08. The molecule has 0 spiro atoms. The molecule has 0 aromatic heterocycles. The molecule has 1 aromatic rings. The van der Waals surface area contributed by atoms with Crippen LogP contribution in [0.5, 0.6) is 0 Å². The van der Waals surface area contributed by atoms with Crippen LogP contribution in [-0.2, 0) is 4.79 Å². The molecular weight excluding hydrogens is 253 g/mol. The summed E-state index contributed by atoms with van der Waals surface area (Å²) in [4.78, 5) is 12.2. The van der Waals surface area contributed by atoms with Gasteiger partial charge in [-0.15, -0.1) is 0 Å². The van der Waals surface area contributed by atoms with Crippen LogP contribution >= 0.6 is 11.6 Å². The zero-order valence-corrected chi connectivity index (χ0v) is 10.7. The van der Waals surface area contributed by atoms with Gasteiger partial charge in [0.1, 0.15) is 5.82 Å². The average molecular weight is 268 g/mol. The minimum Gasteiger partial charge on any atom is -0.325 e. The smallest absolute Gasteiger partial charge is 0.227 e. The van der Waals surface area contributed by atoms with Gasteiger partial charge >= 0.3 is 0 Å². The number of benzene rings is 1. The van der Waals surface area contributed by atoms with E-state index in [1.165, 1.54) is 37.5 Å². The zero-order valence-electron chi connectivity index (χ0n) is 9.96. The van der Waals surface area contributed by atoms with Gasteiger partial charge < -0.3 is 5.32 Å². The predicted octanol–water partition coefficient (Wildman–Crippen LogP) is 3.85. The van der Waals surface area contributed by atoms with Gasteiger partial charge in [0.2, 0.25) is 5.91 Å². The molecule has 2 bridgehead atoms. The van der Waals surface area contributed by atoms with Gasteiger partial charge in [0, 0.05) is 5.92 Å². The number of amides is 1. The lowest BCUT2D eigenvalue weighted by molar-refractivity contribution is -0.121. The van der Waals surface area contributed by atoms with Gasteiger partial charge in [0.25, 0.3) is 0 Å². The second kappa shape index (κ2) is 4.54. The maximum atomic E-state index is 12.9. The van der Waals surface area contributed by atoms with E-state index in [9.17, 15) is 9.18 Å². The molecule has 1 amide bonds. The van der Waals surface area contributed by atoms with Crippen molar-refractivity contribution in [2.45, 2.75) is 25.7 Å². The molecule has 2 aliphatic rings. The van der Waals surface area contributed by atoms with E-state index < -0.39 is 5.82 Å². The lowest BCUT2D eigenvalue weighted by Gasteiger charge is -2.21. The minimum atomic E-state index is -0.391. The number of fused-ring (bicyclic) bond motifs is 2. The number of anilines is 1. The van der Waals surface area contributed by atoms with E-state index in [1.807, 2.05) is 0 Å². The van der Waals surface area contributed by atoms with Crippen LogP contribution in [0.25, 0.3) is 0 Å². The van der Waals surface area contributed by atoms with Crippen molar-refractivity contribution < 1.29 is 9.18 Å². The Kier molecular flexibility index (Phi) is 3.02. The molecule has 0 aliphatic heterocycles. The van der Waals surface area contributed by atoms with Gasteiger partial charge in [-0.05, 0) is 49.3 Å². The van der Waals surface area contributed by atoms with E-state index in [0.717, 1.165) is 12.3 Å². The second-order valence-electron chi connectivity index (χ2n) is 5.39. The number of rotatable bonds is 2. The maximum Gasteiger partial charge on any atom is 0.227 e. The third-order valence-corrected chi connectivity index (χ3v) is 4.58. The highest BCUT2D eigenvalue weighted by Gasteiger charge is 2.43. The molecule has 2 fully saturated rings. The van der Waals surface area contributed by atoms with Gasteiger partial charge in [-0.25, -0.2) is 4.39 Å². The first-order valence-corrected chi connectivity index (χ1v) is 6.77. The molecule has 4 heteroatoms. The normalized spacial score (nSPS) is 29.6. The Morgan fingerprint density at radius 3 is 2.78 bits per heavy atom. The maximum absolute atomic E-state index is 12.9. The van der Waals surface area contributed by atoms with Crippen LogP contribution in [0.15, 0.2) is 18.2 Å². The fourth-order valence-electron chi connectivity index (χ4n) is 3.38. The summed E-state index contributed by atoms with van der Waals surface area (Å²) >= 11 is 5.90. The summed E-state index contributed by atoms with van der Waals surface area (Å²) in [6, 6.07) is 4.04. The van der Waals surface area contributed by atoms with E-state index in [1.54, 1.807) is 0 Å². The fourth-order valence-corrected chi connectivity index (χ4v) is 3.60. The number of hydrogen-bond donors (Lipinski definition) is 1. The molecule has 3 unspecified atom stereocenters. The van der Waals surface area contributed by atoms with Crippen molar-refractivity contribution in [2.24, 2.45) is 17.8 Å². The average Bonchev–Trinajstić information content (AvgIpc) is 2.94. The van der Waals surface area contributed by atoms with Crippen LogP contribution in [0.4, 0.5) is 10.1 Å². The zero-order chi connectivity index (χ0) is 12.7. The summed E-state index contributed by atoms with van der Waals surface area (Å²) < 4.78 is 12.9. The lowest BCUT2D eigenvalue weighted by Crippen LogP contribution is -2.27. The minimum absolute atomic E-state index is 0.0377. The summed E-state index contributed by atoms with van der Waals surface area (Å²) in [5.41, 5.74) is 0.505. The van der Waals surface area contributed by atoms with Gasteiger partial charge in [0.15, 0.2) is 0 Å². The van der Waals surface area contributed by atoms with Crippen molar-refractivity contribution >= 4 is 23.2 Å². The highest BCUT2D eigenvalue weighted by Crippen LogP contribution is 2.48. The summed E-state index contributed by atoms with van der Waals surface area (Å²) in [6.07, 6.45) is 4.62. The topological polar surface area (TPSA) is 29.1 Å². The van der Waals surface area contributed by atoms with Crippen LogP contribution in [0.3, 0.4) is 0 Å². The van der Waals surface area contributed by atoms with Crippen LogP contribution in [-0.4, -0.2) is 5.91 Å². The molecule has 1 N–H and O–H groups in total. The molecule has 0 radical (unpaired) electrons. The first-order valence-electron chi connectivity index (χ1n) is 6.39. The summed E-state index contributed by atoms with van der Waals surface area (Å²) in [5.74, 6) is 1.03. The molecule has 2 nitrogen and oxygen atoms in total. The molecule has 3 atom stereocenters. The molecule has 96 valence electrons. The Morgan fingerprint density at radius 2 is 2.17 bits per heavy atom. The van der Waals surface area contributed by atoms with Crippen LogP contribution < -0.4 is 5.32 Å². The first kappa shape index (κ1) is 12.0. The number of halogens is 2. The predicted molar refractivity (Wildman–Crippen MR) is 69.0 cm³/mol. The van der Waals surface area contributed by atoms with Crippen molar-refractivity contribution in [1.82, 2.24) is 0 Å². The molecule has 1 aromatic carbocycles. The molecular formula is C14H15ClFNO. The number of carbonyl (C=O) groups is 1. The van der Waals surface area contributed by atoms with Crippen LogP contribution in [0.1, 0.15) is 25.7 Å². The van der Waals surface area contributed by atoms with Crippen molar-refractivity contribution in [3.05, 3.63) is 29.0 Å². The van der Waals surface area contributed by atoms with Crippen molar-refractivity contribution in [3.63, 3.8) is 0 Å². The number of carbonyl (C=O) groups excluding carboxylic acids is 1. The van der Waals surface area contributed by atoms with Crippen LogP contribution in [0.2, 0.25) is 5.02 Å². The molecule has 0 saturated heterocycles. The van der Waals surface area contributed by atoms with E-state index in [4.69, 9.17) is 11.6 Å². The summed E-state index contributed by atoms with van der Waals surface area (Å²) in [7, 11) is 0.